The predicted molar refractivity (Wildman–Crippen MR) is 130 cm³/mol. The van der Waals surface area contributed by atoms with Crippen LogP contribution in [0.5, 0.6) is 11.5 Å². The molecule has 5 nitrogen and oxygen atoms in total. The number of rotatable bonds is 7. The predicted octanol–water partition coefficient (Wildman–Crippen LogP) is 6.89. The molecular weight excluding hydrogens is 515 g/mol. The van der Waals surface area contributed by atoms with Crippen molar-refractivity contribution in [1.29, 1.82) is 5.26 Å². The molecule has 162 valence electrons. The molecule has 0 aliphatic carbocycles. The maximum Gasteiger partial charge on any atom is 0.266 e. The summed E-state index contributed by atoms with van der Waals surface area (Å²) in [6.45, 7) is 0.369. The van der Waals surface area contributed by atoms with Gasteiger partial charge >= 0.3 is 0 Å². The molecule has 3 rings (SSSR count). The van der Waals surface area contributed by atoms with Crippen LogP contribution in [0.4, 0.5) is 5.69 Å². The molecule has 0 aliphatic rings. The van der Waals surface area contributed by atoms with E-state index in [2.05, 4.69) is 21.2 Å². The molecule has 0 heterocycles. The van der Waals surface area contributed by atoms with Crippen molar-refractivity contribution in [3.05, 3.63) is 91.9 Å². The minimum absolute atomic E-state index is 0.100. The molecular formula is C24H17BrCl2N2O3. The Morgan fingerprint density at radius 1 is 1.09 bits per heavy atom. The minimum atomic E-state index is -0.582. The van der Waals surface area contributed by atoms with Gasteiger partial charge in [0.1, 0.15) is 18.2 Å². The molecule has 0 bridgehead atoms. The lowest BCUT2D eigenvalue weighted by atomic mass is 10.1. The number of nitrogens with zero attached hydrogens (tertiary/aromatic N) is 1. The summed E-state index contributed by atoms with van der Waals surface area (Å²) in [5.74, 6) is 0.415. The van der Waals surface area contributed by atoms with Crippen molar-refractivity contribution in [1.82, 2.24) is 0 Å². The zero-order valence-corrected chi connectivity index (χ0v) is 20.0. The second-order valence-electron chi connectivity index (χ2n) is 6.55. The summed E-state index contributed by atoms with van der Waals surface area (Å²) in [4.78, 5) is 12.6. The van der Waals surface area contributed by atoms with E-state index in [1.807, 2.05) is 36.4 Å². The molecule has 0 fully saturated rings. The lowest BCUT2D eigenvalue weighted by Crippen LogP contribution is -2.13. The number of hydrogen-bond donors (Lipinski definition) is 1. The third kappa shape index (κ3) is 6.04. The van der Waals surface area contributed by atoms with Gasteiger partial charge in [-0.3, -0.25) is 4.79 Å². The van der Waals surface area contributed by atoms with Gasteiger partial charge in [0.25, 0.3) is 5.91 Å². The number of carbonyl (C=O) groups is 1. The smallest absolute Gasteiger partial charge is 0.266 e. The fourth-order valence-electron chi connectivity index (χ4n) is 2.75. The Bertz CT molecular complexity index is 1210. The van der Waals surface area contributed by atoms with E-state index in [0.29, 0.717) is 43.9 Å². The Labute approximate surface area is 204 Å². The van der Waals surface area contributed by atoms with E-state index in [1.165, 1.54) is 19.3 Å². The normalized spacial score (nSPS) is 10.9. The molecule has 32 heavy (non-hydrogen) atoms. The van der Waals surface area contributed by atoms with Crippen molar-refractivity contribution in [2.45, 2.75) is 6.61 Å². The average molecular weight is 532 g/mol. The van der Waals surface area contributed by atoms with Crippen molar-refractivity contribution >= 4 is 56.8 Å². The van der Waals surface area contributed by atoms with Crippen molar-refractivity contribution in [3.63, 3.8) is 0 Å². The highest BCUT2D eigenvalue weighted by Gasteiger charge is 2.14. The van der Waals surface area contributed by atoms with Crippen LogP contribution >= 0.6 is 39.1 Å². The summed E-state index contributed by atoms with van der Waals surface area (Å²) in [7, 11) is 1.52. The third-order valence-electron chi connectivity index (χ3n) is 4.36. The van der Waals surface area contributed by atoms with Gasteiger partial charge in [0.15, 0.2) is 11.5 Å². The fourth-order valence-corrected chi connectivity index (χ4v) is 3.48. The molecule has 1 N–H and O–H groups in total. The number of methoxy groups -OCH3 is 1. The first kappa shape index (κ1) is 23.7. The standard InChI is InChI=1S/C24H17BrCl2N2O3/c1-31-22-10-16(19(25)12-23(22)32-14-15-5-3-2-4-6-15)9-17(13-28)24(30)29-18-7-8-20(26)21(27)11-18/h2-12H,14H2,1H3,(H,29,30)/b17-9+. The minimum Gasteiger partial charge on any atom is -0.493 e. The highest BCUT2D eigenvalue weighted by Crippen LogP contribution is 2.35. The van der Waals surface area contributed by atoms with Gasteiger partial charge in [-0.05, 0) is 47.5 Å². The molecule has 0 atom stereocenters. The lowest BCUT2D eigenvalue weighted by molar-refractivity contribution is -0.112. The van der Waals surface area contributed by atoms with Crippen LogP contribution in [0.3, 0.4) is 0 Å². The molecule has 3 aromatic carbocycles. The number of carbonyl (C=O) groups excluding carboxylic acids is 1. The number of nitriles is 1. The van der Waals surface area contributed by atoms with E-state index in [1.54, 1.807) is 24.3 Å². The number of amides is 1. The van der Waals surface area contributed by atoms with Crippen molar-refractivity contribution < 1.29 is 14.3 Å². The number of ether oxygens (including phenoxy) is 2. The van der Waals surface area contributed by atoms with Gasteiger partial charge in [-0.15, -0.1) is 0 Å². The van der Waals surface area contributed by atoms with Crippen LogP contribution in [0.1, 0.15) is 11.1 Å². The Morgan fingerprint density at radius 2 is 1.84 bits per heavy atom. The van der Waals surface area contributed by atoms with Crippen LogP contribution in [0.25, 0.3) is 6.08 Å². The van der Waals surface area contributed by atoms with Crippen LogP contribution in [0, 0.1) is 11.3 Å². The molecule has 0 aromatic heterocycles. The van der Waals surface area contributed by atoms with Gasteiger partial charge in [-0.25, -0.2) is 0 Å². The van der Waals surface area contributed by atoms with Gasteiger partial charge in [0.2, 0.25) is 0 Å². The summed E-state index contributed by atoms with van der Waals surface area (Å²) in [6, 6.07) is 19.7. The molecule has 1 amide bonds. The van der Waals surface area contributed by atoms with E-state index in [9.17, 15) is 10.1 Å². The summed E-state index contributed by atoms with van der Waals surface area (Å²) < 4.78 is 12.0. The molecule has 0 spiro atoms. The molecule has 0 unspecified atom stereocenters. The van der Waals surface area contributed by atoms with Gasteiger partial charge in [-0.2, -0.15) is 5.26 Å². The number of hydrogen-bond acceptors (Lipinski definition) is 4. The van der Waals surface area contributed by atoms with Crippen LogP contribution in [0.15, 0.2) is 70.7 Å². The van der Waals surface area contributed by atoms with Crippen LogP contribution in [0.2, 0.25) is 10.0 Å². The van der Waals surface area contributed by atoms with Crippen LogP contribution in [-0.2, 0) is 11.4 Å². The third-order valence-corrected chi connectivity index (χ3v) is 5.79. The second-order valence-corrected chi connectivity index (χ2v) is 8.22. The number of nitrogens with one attached hydrogen (secondary N) is 1. The Balaban J connectivity index is 1.82. The first-order valence-electron chi connectivity index (χ1n) is 9.33. The Kier molecular flexibility index (Phi) is 8.18. The van der Waals surface area contributed by atoms with Crippen molar-refractivity contribution in [2.24, 2.45) is 0 Å². The van der Waals surface area contributed by atoms with Gasteiger partial charge in [0.05, 0.1) is 17.2 Å². The quantitative estimate of drug-likeness (QED) is 0.266. The van der Waals surface area contributed by atoms with Crippen molar-refractivity contribution in [2.75, 3.05) is 12.4 Å². The topological polar surface area (TPSA) is 71.3 Å². The average Bonchev–Trinajstić information content (AvgIpc) is 2.80. The monoisotopic (exact) mass is 530 g/mol. The molecule has 0 aliphatic heterocycles. The first-order chi connectivity index (χ1) is 15.4. The molecule has 8 heteroatoms. The van der Waals surface area contributed by atoms with Crippen LogP contribution < -0.4 is 14.8 Å². The highest BCUT2D eigenvalue weighted by molar-refractivity contribution is 9.10. The van der Waals surface area contributed by atoms with Crippen LogP contribution in [-0.4, -0.2) is 13.0 Å². The largest absolute Gasteiger partial charge is 0.493 e. The first-order valence-corrected chi connectivity index (χ1v) is 10.9. The SMILES string of the molecule is COc1cc(/C=C(\C#N)C(=O)Nc2ccc(Cl)c(Cl)c2)c(Br)cc1OCc1ccccc1. The summed E-state index contributed by atoms with van der Waals surface area (Å²) in [6.07, 6.45) is 1.46. The lowest BCUT2D eigenvalue weighted by Gasteiger charge is -2.13. The van der Waals surface area contributed by atoms with E-state index in [0.717, 1.165) is 5.56 Å². The fraction of sp³-hybridized carbons (Fsp3) is 0.0833. The van der Waals surface area contributed by atoms with E-state index < -0.39 is 5.91 Å². The number of benzene rings is 3. The van der Waals surface area contributed by atoms with E-state index in [4.69, 9.17) is 32.7 Å². The van der Waals surface area contributed by atoms with Gasteiger partial charge in [0, 0.05) is 10.2 Å². The molecule has 0 saturated carbocycles. The summed E-state index contributed by atoms with van der Waals surface area (Å²) in [5.41, 5.74) is 1.92. The summed E-state index contributed by atoms with van der Waals surface area (Å²) in [5, 5.41) is 12.8. The molecule has 0 saturated heterocycles. The van der Waals surface area contributed by atoms with Crippen molar-refractivity contribution in [3.8, 4) is 17.6 Å². The van der Waals surface area contributed by atoms with Gasteiger partial charge < -0.3 is 14.8 Å². The van der Waals surface area contributed by atoms with E-state index >= 15 is 0 Å². The number of anilines is 1. The maximum absolute atomic E-state index is 12.6. The zero-order valence-electron chi connectivity index (χ0n) is 16.9. The summed E-state index contributed by atoms with van der Waals surface area (Å²) >= 11 is 15.3. The molecule has 0 radical (unpaired) electrons. The Hall–Kier alpha value is -2.98. The number of halogens is 3. The maximum atomic E-state index is 12.6. The highest BCUT2D eigenvalue weighted by atomic mass is 79.9. The Morgan fingerprint density at radius 3 is 2.50 bits per heavy atom. The second kappa shape index (κ2) is 11.1. The molecule has 3 aromatic rings. The van der Waals surface area contributed by atoms with Gasteiger partial charge in [-0.1, -0.05) is 69.5 Å². The zero-order chi connectivity index (χ0) is 23.1. The van der Waals surface area contributed by atoms with E-state index in [-0.39, 0.29) is 5.57 Å².